The van der Waals surface area contributed by atoms with Gasteiger partial charge in [0.2, 0.25) is 11.7 Å². The molecule has 7 heteroatoms. The van der Waals surface area contributed by atoms with Crippen LogP contribution in [0.15, 0.2) is 16.9 Å². The number of hydrogen-bond donors (Lipinski definition) is 0. The fraction of sp³-hybridized carbons (Fsp3) is 0.400. The number of ketones is 1. The summed E-state index contributed by atoms with van der Waals surface area (Å²) in [6.07, 6.45) is 3.48. The molecule has 1 aliphatic rings. The van der Waals surface area contributed by atoms with Crippen LogP contribution in [0.3, 0.4) is 0 Å². The van der Waals surface area contributed by atoms with E-state index >= 15 is 0 Å². The van der Waals surface area contributed by atoms with Crippen LogP contribution in [0.2, 0.25) is 0 Å². The van der Waals surface area contributed by atoms with E-state index in [0.29, 0.717) is 23.3 Å². The first-order valence-electron chi connectivity index (χ1n) is 5.17. The second-order valence-electron chi connectivity index (χ2n) is 3.85. The van der Waals surface area contributed by atoms with E-state index in [0.717, 1.165) is 5.75 Å². The van der Waals surface area contributed by atoms with Crippen LogP contribution in [0.1, 0.15) is 11.8 Å². The lowest BCUT2D eigenvalue weighted by Gasteiger charge is -1.97. The molecule has 3 heterocycles. The van der Waals surface area contributed by atoms with E-state index in [-0.39, 0.29) is 11.7 Å². The Kier molecular flexibility index (Phi) is 2.47. The Morgan fingerprint density at radius 3 is 3.12 bits per heavy atom. The van der Waals surface area contributed by atoms with Crippen molar-refractivity contribution in [3.63, 3.8) is 0 Å². The smallest absolute Gasteiger partial charge is 0.238 e. The van der Waals surface area contributed by atoms with Gasteiger partial charge >= 0.3 is 0 Å². The molecule has 0 amide bonds. The number of Topliss-reactive ketones (excluding diaryl/α,β-unsaturated/α-hetero) is 1. The quantitative estimate of drug-likeness (QED) is 0.787. The van der Waals surface area contributed by atoms with Crippen molar-refractivity contribution in [1.82, 2.24) is 19.7 Å². The minimum absolute atomic E-state index is 0.157. The maximum absolute atomic E-state index is 11.6. The third-order valence-electron chi connectivity index (χ3n) is 2.68. The van der Waals surface area contributed by atoms with Gasteiger partial charge in [0.25, 0.3) is 0 Å². The number of thioether (sulfide) groups is 1. The van der Waals surface area contributed by atoms with Gasteiger partial charge < -0.3 is 9.09 Å². The van der Waals surface area contributed by atoms with Crippen LogP contribution in [0.4, 0.5) is 0 Å². The molecule has 1 saturated heterocycles. The van der Waals surface area contributed by atoms with Gasteiger partial charge in [-0.15, -0.1) is 0 Å². The number of imidazole rings is 1. The zero-order chi connectivity index (χ0) is 11.8. The zero-order valence-electron chi connectivity index (χ0n) is 9.16. The lowest BCUT2D eigenvalue weighted by atomic mass is 10.1. The van der Waals surface area contributed by atoms with Crippen LogP contribution in [0, 0.1) is 0 Å². The molecule has 0 radical (unpaired) electrons. The SMILES string of the molecule is Cn1ccnc1-c1noc(C2CSCC2=O)n1. The van der Waals surface area contributed by atoms with E-state index in [1.807, 2.05) is 13.2 Å². The summed E-state index contributed by atoms with van der Waals surface area (Å²) in [5, 5.41) is 3.87. The summed E-state index contributed by atoms with van der Waals surface area (Å²) < 4.78 is 6.95. The number of aryl methyl sites for hydroxylation is 1. The standard InChI is InChI=1S/C10H10N4O2S/c1-14-3-2-11-9(14)8-12-10(16-13-8)6-4-17-5-7(6)15/h2-3,6H,4-5H2,1H3. The molecule has 0 aliphatic carbocycles. The molecule has 2 aromatic rings. The molecular formula is C10H10N4O2S. The molecular weight excluding hydrogens is 240 g/mol. The summed E-state index contributed by atoms with van der Waals surface area (Å²) in [7, 11) is 1.86. The Bertz CT molecular complexity index is 562. The van der Waals surface area contributed by atoms with Gasteiger partial charge in [0.05, 0.1) is 5.75 Å². The number of nitrogens with zero attached hydrogens (tertiary/aromatic N) is 4. The van der Waals surface area contributed by atoms with E-state index in [9.17, 15) is 4.79 Å². The molecule has 0 N–H and O–H groups in total. The lowest BCUT2D eigenvalue weighted by Crippen LogP contribution is -2.09. The summed E-state index contributed by atoms with van der Waals surface area (Å²) in [4.78, 5) is 20.0. The molecule has 17 heavy (non-hydrogen) atoms. The molecule has 0 spiro atoms. The molecule has 0 saturated carbocycles. The Morgan fingerprint density at radius 1 is 1.59 bits per heavy atom. The van der Waals surface area contributed by atoms with Gasteiger partial charge in [-0.2, -0.15) is 16.7 Å². The first-order chi connectivity index (χ1) is 8.25. The van der Waals surface area contributed by atoms with Gasteiger partial charge in [0.15, 0.2) is 11.6 Å². The Labute approximate surface area is 101 Å². The Hall–Kier alpha value is -1.63. The highest BCUT2D eigenvalue weighted by molar-refractivity contribution is 8.00. The molecule has 3 rings (SSSR count). The van der Waals surface area contributed by atoms with Gasteiger partial charge in [-0.1, -0.05) is 5.16 Å². The number of aromatic nitrogens is 4. The maximum atomic E-state index is 11.6. The van der Waals surface area contributed by atoms with Gasteiger partial charge in [0.1, 0.15) is 5.92 Å². The van der Waals surface area contributed by atoms with E-state index in [1.54, 1.807) is 22.5 Å². The number of carbonyl (C=O) groups is 1. The number of carbonyl (C=O) groups excluding carboxylic acids is 1. The number of hydrogen-bond acceptors (Lipinski definition) is 6. The summed E-state index contributed by atoms with van der Waals surface area (Å²) in [5.74, 6) is 2.63. The zero-order valence-corrected chi connectivity index (χ0v) is 9.98. The molecule has 1 fully saturated rings. The van der Waals surface area contributed by atoms with Crippen molar-refractivity contribution < 1.29 is 9.32 Å². The molecule has 0 aromatic carbocycles. The van der Waals surface area contributed by atoms with Gasteiger partial charge in [-0.05, 0) is 0 Å². The monoisotopic (exact) mass is 250 g/mol. The molecule has 1 atom stereocenters. The summed E-state index contributed by atoms with van der Waals surface area (Å²) >= 11 is 1.60. The highest BCUT2D eigenvalue weighted by atomic mass is 32.2. The van der Waals surface area contributed by atoms with Gasteiger partial charge in [-0.25, -0.2) is 4.98 Å². The van der Waals surface area contributed by atoms with Crippen molar-refractivity contribution >= 4 is 17.5 Å². The summed E-state index contributed by atoms with van der Waals surface area (Å²) in [6.45, 7) is 0. The fourth-order valence-electron chi connectivity index (χ4n) is 1.73. The predicted molar refractivity (Wildman–Crippen MR) is 61.6 cm³/mol. The van der Waals surface area contributed by atoms with Gasteiger partial charge in [0, 0.05) is 25.2 Å². The molecule has 6 nitrogen and oxygen atoms in total. The van der Waals surface area contributed by atoms with Crippen LogP contribution >= 0.6 is 11.8 Å². The van der Waals surface area contributed by atoms with E-state index in [4.69, 9.17) is 4.52 Å². The average molecular weight is 250 g/mol. The Morgan fingerprint density at radius 2 is 2.47 bits per heavy atom. The number of rotatable bonds is 2. The average Bonchev–Trinajstić information content (AvgIpc) is 2.97. The normalized spacial score (nSPS) is 20.1. The third-order valence-corrected chi connectivity index (χ3v) is 3.74. The second kappa shape index (κ2) is 3.99. The fourth-order valence-corrected chi connectivity index (χ4v) is 2.81. The van der Waals surface area contributed by atoms with Crippen molar-refractivity contribution in [1.29, 1.82) is 0 Å². The highest BCUT2D eigenvalue weighted by Gasteiger charge is 2.32. The summed E-state index contributed by atoms with van der Waals surface area (Å²) in [6, 6.07) is 0. The Balaban J connectivity index is 1.93. The lowest BCUT2D eigenvalue weighted by molar-refractivity contribution is -0.117. The maximum Gasteiger partial charge on any atom is 0.238 e. The molecule has 88 valence electrons. The predicted octanol–water partition coefficient (Wildman–Crippen LogP) is 0.870. The minimum Gasteiger partial charge on any atom is -0.338 e. The van der Waals surface area contributed by atoms with Crippen LogP contribution < -0.4 is 0 Å². The second-order valence-corrected chi connectivity index (χ2v) is 4.88. The van der Waals surface area contributed by atoms with Crippen LogP contribution in [-0.4, -0.2) is 37.0 Å². The molecule has 1 unspecified atom stereocenters. The highest BCUT2D eigenvalue weighted by Crippen LogP contribution is 2.29. The first kappa shape index (κ1) is 10.5. The van der Waals surface area contributed by atoms with E-state index in [2.05, 4.69) is 15.1 Å². The van der Waals surface area contributed by atoms with Crippen molar-refractivity contribution in [3.8, 4) is 11.6 Å². The molecule has 2 aromatic heterocycles. The van der Waals surface area contributed by atoms with Crippen LogP contribution in [0.25, 0.3) is 11.6 Å². The van der Waals surface area contributed by atoms with Crippen LogP contribution in [-0.2, 0) is 11.8 Å². The minimum atomic E-state index is -0.249. The van der Waals surface area contributed by atoms with Crippen molar-refractivity contribution in [2.75, 3.05) is 11.5 Å². The molecule has 1 aliphatic heterocycles. The van der Waals surface area contributed by atoms with E-state index in [1.165, 1.54) is 0 Å². The third kappa shape index (κ3) is 1.76. The van der Waals surface area contributed by atoms with Crippen molar-refractivity contribution in [3.05, 3.63) is 18.3 Å². The topological polar surface area (TPSA) is 73.8 Å². The van der Waals surface area contributed by atoms with Crippen LogP contribution in [0.5, 0.6) is 0 Å². The molecule has 0 bridgehead atoms. The van der Waals surface area contributed by atoms with Crippen molar-refractivity contribution in [2.45, 2.75) is 5.92 Å². The first-order valence-corrected chi connectivity index (χ1v) is 6.33. The van der Waals surface area contributed by atoms with Crippen molar-refractivity contribution in [2.24, 2.45) is 7.05 Å². The largest absolute Gasteiger partial charge is 0.338 e. The summed E-state index contributed by atoms with van der Waals surface area (Å²) in [5.41, 5.74) is 0. The van der Waals surface area contributed by atoms with E-state index < -0.39 is 0 Å². The van der Waals surface area contributed by atoms with Gasteiger partial charge in [-0.3, -0.25) is 4.79 Å².